The van der Waals surface area contributed by atoms with Gasteiger partial charge in [0.1, 0.15) is 0 Å². The number of fused-ring (bicyclic) bond motifs is 3. The molecule has 1 aliphatic rings. The third-order valence-corrected chi connectivity index (χ3v) is 6.83. The van der Waals surface area contributed by atoms with Gasteiger partial charge in [-0.25, -0.2) is 9.67 Å². The van der Waals surface area contributed by atoms with E-state index in [1.807, 2.05) is 37.3 Å². The molecule has 0 radical (unpaired) electrons. The van der Waals surface area contributed by atoms with E-state index >= 15 is 0 Å². The van der Waals surface area contributed by atoms with Crippen molar-refractivity contribution in [1.29, 1.82) is 0 Å². The standard InChI is InChI=1S/C25H26N8O3/c1-25(17-6-3-2-4-7-17,23(34)27-11-9-16-10-13-35-15-16)33-22-18(14-28-33)21-29-20(19-8-5-12-36-19)31-32(21)24(26)30-22/h2-8,12,14,16H,9-11,13,15H2,1H3,(H2,26,30)(H,27,34). The highest BCUT2D eigenvalue weighted by Gasteiger charge is 2.40. The number of nitrogens with two attached hydrogens (primary N) is 1. The van der Waals surface area contributed by atoms with Gasteiger partial charge in [-0.05, 0) is 43.4 Å². The van der Waals surface area contributed by atoms with Crippen LogP contribution in [0, 0.1) is 5.92 Å². The summed E-state index contributed by atoms with van der Waals surface area (Å²) in [4.78, 5) is 23.0. The number of nitrogens with one attached hydrogen (secondary N) is 1. The van der Waals surface area contributed by atoms with E-state index in [0.717, 1.165) is 31.6 Å². The number of nitrogen functional groups attached to an aromatic ring is 1. The number of nitrogens with zero attached hydrogens (tertiary/aromatic N) is 6. The van der Waals surface area contributed by atoms with Crippen LogP contribution >= 0.6 is 0 Å². The Bertz CT molecular complexity index is 1520. The van der Waals surface area contributed by atoms with Crippen LogP contribution in [-0.4, -0.2) is 55.0 Å². The molecule has 2 unspecified atom stereocenters. The molecule has 0 aliphatic carbocycles. The number of hydrogen-bond acceptors (Lipinski definition) is 8. The summed E-state index contributed by atoms with van der Waals surface area (Å²) in [6.07, 6.45) is 5.08. The summed E-state index contributed by atoms with van der Waals surface area (Å²) in [7, 11) is 0. The minimum atomic E-state index is -1.18. The molecule has 1 aromatic carbocycles. The summed E-state index contributed by atoms with van der Waals surface area (Å²) in [5.74, 6) is 1.30. The van der Waals surface area contributed by atoms with Crippen LogP contribution in [0.5, 0.6) is 0 Å². The third-order valence-electron chi connectivity index (χ3n) is 6.83. The third kappa shape index (κ3) is 3.59. The average Bonchev–Trinajstić information content (AvgIpc) is 3.70. The first-order valence-corrected chi connectivity index (χ1v) is 11.9. The zero-order valence-corrected chi connectivity index (χ0v) is 19.8. The van der Waals surface area contributed by atoms with Crippen molar-refractivity contribution in [3.63, 3.8) is 0 Å². The quantitative estimate of drug-likeness (QED) is 0.358. The molecule has 11 heteroatoms. The summed E-state index contributed by atoms with van der Waals surface area (Å²) in [6, 6.07) is 13.1. The molecular formula is C25H26N8O3. The van der Waals surface area contributed by atoms with Crippen molar-refractivity contribution in [2.24, 2.45) is 5.92 Å². The SMILES string of the molecule is CC(C(=O)NCCC1CCOC1)(c1ccccc1)n1ncc2c1nc(N)n1nc(-c3ccco3)nc21. The molecule has 5 aromatic rings. The monoisotopic (exact) mass is 486 g/mol. The van der Waals surface area contributed by atoms with Gasteiger partial charge in [0.25, 0.3) is 5.91 Å². The van der Waals surface area contributed by atoms with Crippen molar-refractivity contribution in [3.05, 3.63) is 60.5 Å². The number of benzene rings is 1. The smallest absolute Gasteiger partial charge is 0.252 e. The van der Waals surface area contributed by atoms with Gasteiger partial charge in [0.05, 0.1) is 17.8 Å². The first-order chi connectivity index (χ1) is 17.6. The second kappa shape index (κ2) is 8.76. The Labute approximate surface area is 206 Å². The topological polar surface area (TPSA) is 138 Å². The van der Waals surface area contributed by atoms with Crippen molar-refractivity contribution in [2.75, 3.05) is 25.5 Å². The maximum atomic E-state index is 13.8. The Kier molecular flexibility index (Phi) is 5.41. The van der Waals surface area contributed by atoms with Gasteiger partial charge in [0.2, 0.25) is 11.8 Å². The number of carbonyl (C=O) groups excluding carboxylic acids is 1. The Hall–Kier alpha value is -4.25. The summed E-state index contributed by atoms with van der Waals surface area (Å²) in [5.41, 5.74) is 6.79. The first-order valence-electron chi connectivity index (χ1n) is 11.9. The fraction of sp³-hybridized carbons (Fsp3) is 0.320. The molecule has 2 atom stereocenters. The molecule has 3 N–H and O–H groups in total. The van der Waals surface area contributed by atoms with Gasteiger partial charge < -0.3 is 20.2 Å². The summed E-state index contributed by atoms with van der Waals surface area (Å²) in [6.45, 7) is 3.91. The number of carbonyl (C=O) groups is 1. The number of furan rings is 1. The van der Waals surface area contributed by atoms with Gasteiger partial charge in [-0.3, -0.25) is 4.79 Å². The molecule has 1 fully saturated rings. The molecule has 0 bridgehead atoms. The average molecular weight is 487 g/mol. The molecule has 1 saturated heterocycles. The second-order valence-electron chi connectivity index (χ2n) is 9.12. The van der Waals surface area contributed by atoms with Gasteiger partial charge in [-0.15, -0.1) is 5.10 Å². The van der Waals surface area contributed by atoms with Crippen LogP contribution < -0.4 is 11.1 Å². The lowest BCUT2D eigenvalue weighted by atomic mass is 9.90. The van der Waals surface area contributed by atoms with Gasteiger partial charge >= 0.3 is 0 Å². The van der Waals surface area contributed by atoms with Crippen molar-refractivity contribution in [2.45, 2.75) is 25.3 Å². The maximum absolute atomic E-state index is 13.8. The van der Waals surface area contributed by atoms with Crippen LogP contribution in [0.2, 0.25) is 0 Å². The van der Waals surface area contributed by atoms with E-state index < -0.39 is 5.54 Å². The Morgan fingerprint density at radius 1 is 1.19 bits per heavy atom. The van der Waals surface area contributed by atoms with E-state index in [4.69, 9.17) is 14.9 Å². The molecule has 1 amide bonds. The summed E-state index contributed by atoms with van der Waals surface area (Å²) in [5, 5.41) is 12.8. The normalized spacial score (nSPS) is 17.5. The van der Waals surface area contributed by atoms with Crippen LogP contribution in [0.1, 0.15) is 25.3 Å². The van der Waals surface area contributed by atoms with E-state index in [1.165, 1.54) is 4.52 Å². The number of ether oxygens (including phenoxy) is 1. The van der Waals surface area contributed by atoms with Crippen LogP contribution in [0.15, 0.2) is 59.3 Å². The Morgan fingerprint density at radius 2 is 2.06 bits per heavy atom. The first kappa shape index (κ1) is 22.2. The number of anilines is 1. The predicted octanol–water partition coefficient (Wildman–Crippen LogP) is 2.62. The number of amides is 1. The molecular weight excluding hydrogens is 460 g/mol. The van der Waals surface area contributed by atoms with Crippen molar-refractivity contribution in [1.82, 2.24) is 34.7 Å². The van der Waals surface area contributed by atoms with Crippen molar-refractivity contribution in [3.8, 4) is 11.6 Å². The zero-order valence-electron chi connectivity index (χ0n) is 19.8. The highest BCUT2D eigenvalue weighted by Crippen LogP contribution is 2.31. The van der Waals surface area contributed by atoms with Crippen molar-refractivity contribution < 1.29 is 13.9 Å². The van der Waals surface area contributed by atoms with Gasteiger partial charge in [0.15, 0.2) is 22.6 Å². The molecule has 4 aromatic heterocycles. The van der Waals surface area contributed by atoms with Gasteiger partial charge in [-0.2, -0.15) is 14.6 Å². The van der Waals surface area contributed by atoms with E-state index in [9.17, 15) is 4.79 Å². The van der Waals surface area contributed by atoms with Gasteiger partial charge in [0, 0.05) is 19.8 Å². The molecule has 36 heavy (non-hydrogen) atoms. The highest BCUT2D eigenvalue weighted by molar-refractivity contribution is 5.94. The zero-order chi connectivity index (χ0) is 24.7. The maximum Gasteiger partial charge on any atom is 0.252 e. The largest absolute Gasteiger partial charge is 0.461 e. The lowest BCUT2D eigenvalue weighted by Crippen LogP contribution is -2.48. The molecule has 5 heterocycles. The molecule has 0 saturated carbocycles. The van der Waals surface area contributed by atoms with E-state index in [-0.39, 0.29) is 11.9 Å². The van der Waals surface area contributed by atoms with Crippen LogP contribution in [0.3, 0.4) is 0 Å². The lowest BCUT2D eigenvalue weighted by molar-refractivity contribution is -0.127. The van der Waals surface area contributed by atoms with Crippen molar-refractivity contribution >= 4 is 28.5 Å². The van der Waals surface area contributed by atoms with Gasteiger partial charge in [-0.1, -0.05) is 30.3 Å². The summed E-state index contributed by atoms with van der Waals surface area (Å²) < 4.78 is 14.0. The van der Waals surface area contributed by atoms with E-state index in [2.05, 4.69) is 25.5 Å². The lowest BCUT2D eigenvalue weighted by Gasteiger charge is -2.30. The fourth-order valence-corrected chi connectivity index (χ4v) is 4.73. The highest BCUT2D eigenvalue weighted by atomic mass is 16.5. The number of hydrogen-bond donors (Lipinski definition) is 2. The van der Waals surface area contributed by atoms with Crippen LogP contribution in [0.25, 0.3) is 28.3 Å². The predicted molar refractivity (Wildman–Crippen MR) is 132 cm³/mol. The van der Waals surface area contributed by atoms with Crippen LogP contribution in [0.4, 0.5) is 5.95 Å². The summed E-state index contributed by atoms with van der Waals surface area (Å²) >= 11 is 0. The van der Waals surface area contributed by atoms with Crippen LogP contribution in [-0.2, 0) is 15.1 Å². The minimum Gasteiger partial charge on any atom is -0.461 e. The van der Waals surface area contributed by atoms with E-state index in [1.54, 1.807) is 29.3 Å². The van der Waals surface area contributed by atoms with E-state index in [0.29, 0.717) is 40.7 Å². The molecule has 0 spiro atoms. The molecule has 11 nitrogen and oxygen atoms in total. The fourth-order valence-electron chi connectivity index (χ4n) is 4.73. The second-order valence-corrected chi connectivity index (χ2v) is 9.12. The number of aromatic nitrogens is 6. The molecule has 184 valence electrons. The Morgan fingerprint density at radius 3 is 2.81 bits per heavy atom. The Balaban J connectivity index is 1.43. The molecule has 1 aliphatic heterocycles. The molecule has 6 rings (SSSR count). The number of rotatable bonds is 7. The minimum absolute atomic E-state index is 0.126.